The summed E-state index contributed by atoms with van der Waals surface area (Å²) < 4.78 is 18.9. The first-order chi connectivity index (χ1) is 10.7. The van der Waals surface area contributed by atoms with Crippen molar-refractivity contribution in [1.29, 1.82) is 0 Å². The maximum atomic E-state index is 12.2. The summed E-state index contributed by atoms with van der Waals surface area (Å²) >= 11 is 1.56. The smallest absolute Gasteiger partial charge is 0.279 e. The number of hydrogen-bond acceptors (Lipinski definition) is 4. The number of thiazole rings is 1. The maximum absolute atomic E-state index is 12.2. The molecule has 3 aromatic rings. The van der Waals surface area contributed by atoms with E-state index in [0.717, 1.165) is 26.3 Å². The maximum Gasteiger partial charge on any atom is 0.279 e. The van der Waals surface area contributed by atoms with Gasteiger partial charge in [0.05, 0.1) is 10.2 Å². The van der Waals surface area contributed by atoms with Gasteiger partial charge < -0.3 is 4.74 Å². The van der Waals surface area contributed by atoms with Gasteiger partial charge in [0.1, 0.15) is 17.4 Å². The molecule has 0 aliphatic rings. The molecule has 0 fully saturated rings. The number of aromatic nitrogens is 1. The molecule has 0 saturated carbocycles. The molecule has 0 saturated heterocycles. The van der Waals surface area contributed by atoms with E-state index in [9.17, 15) is 9.28 Å². The second-order valence-corrected chi connectivity index (χ2v) is 5.93. The first kappa shape index (κ1) is 14.5. The summed E-state index contributed by atoms with van der Waals surface area (Å²) in [5, 5.41) is 0.848. The van der Waals surface area contributed by atoms with Gasteiger partial charge in [-0.3, -0.25) is 4.79 Å². The topological polar surface area (TPSA) is 51.2 Å². The zero-order valence-corrected chi connectivity index (χ0v) is 12.6. The van der Waals surface area contributed by atoms with Crippen LogP contribution in [0.15, 0.2) is 42.5 Å². The molecule has 0 atom stereocenters. The van der Waals surface area contributed by atoms with Gasteiger partial charge in [-0.15, -0.1) is 11.3 Å². The summed E-state index contributed by atoms with van der Waals surface area (Å²) in [5.41, 5.74) is 3.42. The Balaban J connectivity index is 1.75. The summed E-state index contributed by atoms with van der Waals surface area (Å²) in [4.78, 5) is 15.8. The first-order valence-corrected chi connectivity index (χ1v) is 7.47. The average molecular weight is 316 g/mol. The second-order valence-electron chi connectivity index (χ2n) is 4.82. The van der Waals surface area contributed by atoms with Gasteiger partial charge in [-0.25, -0.2) is 4.98 Å². The lowest BCUT2D eigenvalue weighted by Crippen LogP contribution is -2.13. The van der Waals surface area contributed by atoms with Gasteiger partial charge in [-0.2, -0.15) is 5.54 Å². The van der Waals surface area contributed by atoms with E-state index >= 15 is 0 Å². The number of fused-ring (bicyclic) bond motifs is 1. The third-order valence-electron chi connectivity index (χ3n) is 3.13. The number of nitrogens with zero attached hydrogens (tertiary/aromatic N) is 1. The van der Waals surface area contributed by atoms with Gasteiger partial charge in [0.15, 0.2) is 0 Å². The third-order valence-corrected chi connectivity index (χ3v) is 4.14. The molecule has 0 aliphatic heterocycles. The number of amides is 1. The Morgan fingerprint density at radius 1 is 1.32 bits per heavy atom. The first-order valence-electron chi connectivity index (χ1n) is 6.65. The fourth-order valence-corrected chi connectivity index (χ4v) is 2.93. The molecule has 3 rings (SSSR count). The van der Waals surface area contributed by atoms with Crippen LogP contribution in [0.2, 0.25) is 0 Å². The number of benzene rings is 2. The molecule has 112 valence electrons. The van der Waals surface area contributed by atoms with Crippen molar-refractivity contribution in [1.82, 2.24) is 10.5 Å². The van der Waals surface area contributed by atoms with E-state index in [4.69, 9.17) is 4.74 Å². The van der Waals surface area contributed by atoms with Crippen molar-refractivity contribution in [2.75, 3.05) is 0 Å². The standard InChI is InChI=1S/C16H13FN2O2S/c1-10-5-6-14-13(7-10)18-15(22-14)9-21-12-4-2-3-11(8-12)16(20)19-17/h2-8H,9H2,1H3,(H,19,20). The van der Waals surface area contributed by atoms with Crippen LogP contribution in [0.25, 0.3) is 10.2 Å². The van der Waals surface area contributed by atoms with Crippen molar-refractivity contribution in [2.45, 2.75) is 13.5 Å². The zero-order chi connectivity index (χ0) is 15.5. The van der Waals surface area contributed by atoms with Crippen molar-refractivity contribution in [3.63, 3.8) is 0 Å². The van der Waals surface area contributed by atoms with Crippen LogP contribution < -0.4 is 10.3 Å². The summed E-state index contributed by atoms with van der Waals surface area (Å²) in [6.45, 7) is 2.33. The van der Waals surface area contributed by atoms with Gasteiger partial charge in [0.2, 0.25) is 0 Å². The van der Waals surface area contributed by atoms with Gasteiger partial charge >= 0.3 is 0 Å². The van der Waals surface area contributed by atoms with Crippen molar-refractivity contribution in [2.24, 2.45) is 0 Å². The molecular formula is C16H13FN2O2S. The molecule has 22 heavy (non-hydrogen) atoms. The van der Waals surface area contributed by atoms with Crippen molar-refractivity contribution < 1.29 is 14.0 Å². The molecule has 6 heteroatoms. The van der Waals surface area contributed by atoms with Crippen molar-refractivity contribution in [3.8, 4) is 5.75 Å². The van der Waals surface area contributed by atoms with Crippen LogP contribution in [0.3, 0.4) is 0 Å². The van der Waals surface area contributed by atoms with E-state index in [1.165, 1.54) is 12.1 Å². The van der Waals surface area contributed by atoms with E-state index in [-0.39, 0.29) is 5.56 Å². The van der Waals surface area contributed by atoms with Gasteiger partial charge in [0.25, 0.3) is 5.91 Å². The Morgan fingerprint density at radius 2 is 2.18 bits per heavy atom. The fraction of sp³-hybridized carbons (Fsp3) is 0.125. The molecular weight excluding hydrogens is 303 g/mol. The van der Waals surface area contributed by atoms with E-state index in [1.807, 2.05) is 25.1 Å². The quantitative estimate of drug-likeness (QED) is 0.745. The highest BCUT2D eigenvalue weighted by molar-refractivity contribution is 7.18. The Kier molecular flexibility index (Phi) is 4.02. The Bertz CT molecular complexity index is 832. The number of carbonyl (C=O) groups excluding carboxylic acids is 1. The number of carbonyl (C=O) groups is 1. The summed E-state index contributed by atoms with van der Waals surface area (Å²) in [6.07, 6.45) is 0. The van der Waals surface area contributed by atoms with Crippen molar-refractivity contribution in [3.05, 3.63) is 58.6 Å². The normalized spacial score (nSPS) is 10.6. The number of hydrogen-bond donors (Lipinski definition) is 1. The van der Waals surface area contributed by atoms with Crippen molar-refractivity contribution >= 4 is 27.5 Å². The Hall–Kier alpha value is -2.47. The molecule has 1 N–H and O–H groups in total. The minimum absolute atomic E-state index is 0.208. The summed E-state index contributed by atoms with van der Waals surface area (Å²) in [6, 6.07) is 12.5. The van der Waals surface area contributed by atoms with Crippen LogP contribution in [-0.2, 0) is 6.61 Å². The molecule has 1 aromatic heterocycles. The van der Waals surface area contributed by atoms with Crippen LogP contribution in [0, 0.1) is 6.92 Å². The minimum Gasteiger partial charge on any atom is -0.486 e. The molecule has 0 bridgehead atoms. The molecule has 4 nitrogen and oxygen atoms in total. The van der Waals surface area contributed by atoms with Gasteiger partial charge in [-0.05, 0) is 42.8 Å². The highest BCUT2D eigenvalue weighted by atomic mass is 32.1. The van der Waals surface area contributed by atoms with E-state index in [1.54, 1.807) is 23.5 Å². The fourth-order valence-electron chi connectivity index (χ4n) is 2.07. The largest absolute Gasteiger partial charge is 0.486 e. The predicted octanol–water partition coefficient (Wildman–Crippen LogP) is 3.80. The summed E-state index contributed by atoms with van der Waals surface area (Å²) in [7, 11) is 0. The molecule has 0 spiro atoms. The van der Waals surface area contributed by atoms with Crippen LogP contribution in [0.5, 0.6) is 5.75 Å². The highest BCUT2D eigenvalue weighted by Crippen LogP contribution is 2.24. The minimum atomic E-state index is -0.791. The predicted molar refractivity (Wildman–Crippen MR) is 83.7 cm³/mol. The number of ether oxygens (including phenoxy) is 1. The SMILES string of the molecule is Cc1ccc2sc(COc3cccc(C(=O)NF)c3)nc2c1. The van der Waals surface area contributed by atoms with Crippen LogP contribution in [0.4, 0.5) is 4.48 Å². The molecule has 0 unspecified atom stereocenters. The number of aryl methyl sites for hydroxylation is 1. The molecule has 1 amide bonds. The number of halogens is 1. The van der Waals surface area contributed by atoms with E-state index in [2.05, 4.69) is 4.98 Å². The van der Waals surface area contributed by atoms with Crippen LogP contribution in [0.1, 0.15) is 20.9 Å². The monoisotopic (exact) mass is 316 g/mol. The van der Waals surface area contributed by atoms with Gasteiger partial charge in [-0.1, -0.05) is 16.6 Å². The Morgan fingerprint density at radius 3 is 3.00 bits per heavy atom. The molecule has 1 heterocycles. The second kappa shape index (κ2) is 6.11. The van der Waals surface area contributed by atoms with E-state index in [0.29, 0.717) is 12.4 Å². The Labute approximate surface area is 130 Å². The lowest BCUT2D eigenvalue weighted by atomic mass is 10.2. The lowest BCUT2D eigenvalue weighted by molar-refractivity contribution is 0.0859. The highest BCUT2D eigenvalue weighted by Gasteiger charge is 2.08. The molecule has 0 radical (unpaired) electrons. The van der Waals surface area contributed by atoms with Crippen LogP contribution in [-0.4, -0.2) is 10.9 Å². The van der Waals surface area contributed by atoms with E-state index < -0.39 is 5.91 Å². The molecule has 0 aliphatic carbocycles. The lowest BCUT2D eigenvalue weighted by Gasteiger charge is -2.05. The molecule has 2 aromatic carbocycles. The number of nitrogens with one attached hydrogen (secondary N) is 1. The third kappa shape index (κ3) is 3.07. The number of rotatable bonds is 4. The van der Waals surface area contributed by atoms with Crippen LogP contribution >= 0.6 is 11.3 Å². The van der Waals surface area contributed by atoms with Gasteiger partial charge in [0, 0.05) is 5.56 Å². The average Bonchev–Trinajstić information content (AvgIpc) is 2.94. The summed E-state index contributed by atoms with van der Waals surface area (Å²) in [5.74, 6) is -0.294. The zero-order valence-electron chi connectivity index (χ0n) is 11.8.